The molecule has 0 aliphatic carbocycles. The molecule has 3 aromatic rings. The number of hydrogen-bond donors (Lipinski definition) is 1. The average molecular weight is 483 g/mol. The van der Waals surface area contributed by atoms with Crippen molar-refractivity contribution < 1.29 is 4.79 Å². The Morgan fingerprint density at radius 3 is 2.40 bits per heavy atom. The van der Waals surface area contributed by atoms with Gasteiger partial charge >= 0.3 is 6.03 Å². The topological polar surface area (TPSA) is 61.4 Å². The van der Waals surface area contributed by atoms with E-state index in [0.717, 1.165) is 16.5 Å². The standard InChI is InChI=1S/C20H18Cl3N5OS/c21-14-3-1-13(2-4-14)11-18-25-20(30-26-18)28-9-7-27(8-10-28)19(29)24-17-6-5-15(22)12-16(17)23/h1-6,12H,7-11H2,(H,24,29). The molecule has 30 heavy (non-hydrogen) atoms. The van der Waals surface area contributed by atoms with E-state index in [1.807, 2.05) is 24.3 Å². The smallest absolute Gasteiger partial charge is 0.322 e. The van der Waals surface area contributed by atoms with Gasteiger partial charge in [0.25, 0.3) is 0 Å². The fraction of sp³-hybridized carbons (Fsp3) is 0.250. The second-order valence-electron chi connectivity index (χ2n) is 6.82. The predicted octanol–water partition coefficient (Wildman–Crippen LogP) is 5.44. The van der Waals surface area contributed by atoms with Crippen molar-refractivity contribution in [3.05, 3.63) is 68.9 Å². The zero-order valence-electron chi connectivity index (χ0n) is 15.8. The highest BCUT2D eigenvalue weighted by molar-refractivity contribution is 7.09. The summed E-state index contributed by atoms with van der Waals surface area (Å²) >= 11 is 19.4. The van der Waals surface area contributed by atoms with Crippen LogP contribution in [0.25, 0.3) is 0 Å². The Kier molecular flexibility index (Phi) is 6.63. The van der Waals surface area contributed by atoms with Gasteiger partial charge in [-0.05, 0) is 35.9 Å². The van der Waals surface area contributed by atoms with Gasteiger partial charge in [-0.3, -0.25) is 0 Å². The lowest BCUT2D eigenvalue weighted by atomic mass is 10.1. The minimum atomic E-state index is -0.181. The highest BCUT2D eigenvalue weighted by Crippen LogP contribution is 2.26. The Balaban J connectivity index is 1.31. The van der Waals surface area contributed by atoms with Crippen LogP contribution in [0.3, 0.4) is 0 Å². The van der Waals surface area contributed by atoms with Crippen LogP contribution in [0.4, 0.5) is 15.6 Å². The van der Waals surface area contributed by atoms with Gasteiger partial charge in [0.2, 0.25) is 5.13 Å². The molecule has 1 aliphatic rings. The molecular formula is C20H18Cl3N5OS. The van der Waals surface area contributed by atoms with Crippen LogP contribution >= 0.6 is 46.3 Å². The van der Waals surface area contributed by atoms with Crippen molar-refractivity contribution in [2.24, 2.45) is 0 Å². The lowest BCUT2D eigenvalue weighted by Crippen LogP contribution is -2.50. The lowest BCUT2D eigenvalue weighted by Gasteiger charge is -2.34. The van der Waals surface area contributed by atoms with Crippen LogP contribution in [0.5, 0.6) is 0 Å². The molecule has 2 heterocycles. The number of amides is 2. The number of urea groups is 1. The highest BCUT2D eigenvalue weighted by Gasteiger charge is 2.23. The van der Waals surface area contributed by atoms with E-state index in [-0.39, 0.29) is 6.03 Å². The normalized spacial score (nSPS) is 14.1. The summed E-state index contributed by atoms with van der Waals surface area (Å²) in [5.41, 5.74) is 1.66. The molecule has 0 unspecified atom stereocenters. The number of aromatic nitrogens is 2. The maximum absolute atomic E-state index is 12.5. The van der Waals surface area contributed by atoms with Crippen LogP contribution in [-0.4, -0.2) is 46.5 Å². The SMILES string of the molecule is O=C(Nc1ccc(Cl)cc1Cl)N1CCN(c2nc(Cc3ccc(Cl)cc3)ns2)CC1. The summed E-state index contributed by atoms with van der Waals surface area (Å²) in [5, 5.41) is 5.37. The molecule has 0 bridgehead atoms. The summed E-state index contributed by atoms with van der Waals surface area (Å²) in [6, 6.07) is 12.5. The first-order chi connectivity index (χ1) is 14.5. The van der Waals surface area contributed by atoms with Crippen molar-refractivity contribution in [3.8, 4) is 0 Å². The molecule has 0 atom stereocenters. The Labute approximate surface area is 193 Å². The molecule has 1 aromatic heterocycles. The van der Waals surface area contributed by atoms with Gasteiger partial charge in [-0.15, -0.1) is 0 Å². The number of carbonyl (C=O) groups excluding carboxylic acids is 1. The molecule has 4 rings (SSSR count). The van der Waals surface area contributed by atoms with Gasteiger partial charge in [0.05, 0.1) is 10.7 Å². The minimum Gasteiger partial charge on any atom is -0.343 e. The monoisotopic (exact) mass is 481 g/mol. The van der Waals surface area contributed by atoms with Crippen molar-refractivity contribution in [1.82, 2.24) is 14.3 Å². The molecule has 1 fully saturated rings. The van der Waals surface area contributed by atoms with Gasteiger partial charge in [0, 0.05) is 54.2 Å². The summed E-state index contributed by atoms with van der Waals surface area (Å²) < 4.78 is 4.47. The third kappa shape index (κ3) is 5.16. The summed E-state index contributed by atoms with van der Waals surface area (Å²) in [4.78, 5) is 21.1. The zero-order valence-corrected chi connectivity index (χ0v) is 18.9. The molecule has 0 radical (unpaired) electrons. The molecule has 0 spiro atoms. The maximum atomic E-state index is 12.5. The fourth-order valence-electron chi connectivity index (χ4n) is 3.12. The number of rotatable bonds is 4. The van der Waals surface area contributed by atoms with E-state index in [0.29, 0.717) is 53.4 Å². The number of carbonyl (C=O) groups is 1. The van der Waals surface area contributed by atoms with Crippen LogP contribution in [0, 0.1) is 0 Å². The minimum absolute atomic E-state index is 0.181. The number of nitrogens with zero attached hydrogens (tertiary/aromatic N) is 4. The van der Waals surface area contributed by atoms with Gasteiger partial charge in [0.1, 0.15) is 5.82 Å². The summed E-state index contributed by atoms with van der Waals surface area (Å²) in [6.45, 7) is 2.56. The summed E-state index contributed by atoms with van der Waals surface area (Å²) in [7, 11) is 0. The number of anilines is 2. The highest BCUT2D eigenvalue weighted by atomic mass is 35.5. The Bertz CT molecular complexity index is 1040. The van der Waals surface area contributed by atoms with Crippen molar-refractivity contribution >= 4 is 63.2 Å². The fourth-order valence-corrected chi connectivity index (χ4v) is 4.43. The van der Waals surface area contributed by atoms with Crippen LogP contribution < -0.4 is 10.2 Å². The van der Waals surface area contributed by atoms with E-state index in [1.165, 1.54) is 11.5 Å². The quantitative estimate of drug-likeness (QED) is 0.538. The Morgan fingerprint density at radius 2 is 1.70 bits per heavy atom. The van der Waals surface area contributed by atoms with E-state index in [4.69, 9.17) is 34.8 Å². The molecular weight excluding hydrogens is 465 g/mol. The Morgan fingerprint density at radius 1 is 1.00 bits per heavy atom. The van der Waals surface area contributed by atoms with E-state index in [2.05, 4.69) is 19.6 Å². The van der Waals surface area contributed by atoms with E-state index < -0.39 is 0 Å². The first-order valence-corrected chi connectivity index (χ1v) is 11.2. The number of halogens is 3. The molecule has 1 saturated heterocycles. The largest absolute Gasteiger partial charge is 0.343 e. The zero-order chi connectivity index (χ0) is 21.1. The van der Waals surface area contributed by atoms with E-state index in [9.17, 15) is 4.79 Å². The van der Waals surface area contributed by atoms with Gasteiger partial charge in [0.15, 0.2) is 0 Å². The number of nitrogens with one attached hydrogen (secondary N) is 1. The number of benzene rings is 2. The Hall–Kier alpha value is -2.06. The third-order valence-corrected chi connectivity index (χ3v) is 6.36. The first kappa shape index (κ1) is 21.2. The average Bonchev–Trinajstić information content (AvgIpc) is 3.20. The molecule has 156 valence electrons. The number of hydrogen-bond acceptors (Lipinski definition) is 5. The van der Waals surface area contributed by atoms with Crippen molar-refractivity contribution in [2.75, 3.05) is 36.4 Å². The molecule has 1 aliphatic heterocycles. The third-order valence-electron chi connectivity index (χ3n) is 4.74. The van der Waals surface area contributed by atoms with Crippen molar-refractivity contribution in [3.63, 3.8) is 0 Å². The van der Waals surface area contributed by atoms with Crippen LogP contribution in [0.1, 0.15) is 11.4 Å². The maximum Gasteiger partial charge on any atom is 0.322 e. The molecule has 2 amide bonds. The van der Waals surface area contributed by atoms with Crippen LogP contribution in [0.2, 0.25) is 15.1 Å². The molecule has 10 heteroatoms. The van der Waals surface area contributed by atoms with Gasteiger partial charge in [-0.25, -0.2) is 9.78 Å². The summed E-state index contributed by atoms with van der Waals surface area (Å²) in [6.07, 6.45) is 0.665. The first-order valence-electron chi connectivity index (χ1n) is 9.31. The van der Waals surface area contributed by atoms with Crippen molar-refractivity contribution in [1.29, 1.82) is 0 Å². The predicted molar refractivity (Wildman–Crippen MR) is 123 cm³/mol. The summed E-state index contributed by atoms with van der Waals surface area (Å²) in [5.74, 6) is 0.787. The molecule has 1 N–H and O–H groups in total. The lowest BCUT2D eigenvalue weighted by molar-refractivity contribution is 0.208. The van der Waals surface area contributed by atoms with Gasteiger partial charge in [-0.1, -0.05) is 46.9 Å². The molecule has 6 nitrogen and oxygen atoms in total. The second-order valence-corrected chi connectivity index (χ2v) is 8.84. The van der Waals surface area contributed by atoms with E-state index in [1.54, 1.807) is 23.1 Å². The second kappa shape index (κ2) is 9.39. The number of piperazine rings is 1. The van der Waals surface area contributed by atoms with Crippen LogP contribution in [-0.2, 0) is 6.42 Å². The van der Waals surface area contributed by atoms with Gasteiger partial charge in [-0.2, -0.15) is 4.37 Å². The van der Waals surface area contributed by atoms with E-state index >= 15 is 0 Å². The van der Waals surface area contributed by atoms with Crippen LogP contribution in [0.15, 0.2) is 42.5 Å². The van der Waals surface area contributed by atoms with Gasteiger partial charge < -0.3 is 15.1 Å². The molecule has 0 saturated carbocycles. The van der Waals surface area contributed by atoms with Crippen molar-refractivity contribution in [2.45, 2.75) is 6.42 Å². The molecule has 2 aromatic carbocycles.